The fourth-order valence-corrected chi connectivity index (χ4v) is 2.38. The molecule has 110 valence electrons. The van der Waals surface area contributed by atoms with E-state index in [2.05, 4.69) is 19.1 Å². The van der Waals surface area contributed by atoms with Gasteiger partial charge in [0.15, 0.2) is 0 Å². The fourth-order valence-electron chi connectivity index (χ4n) is 2.38. The maximum atomic E-state index is 12.0. The van der Waals surface area contributed by atoms with Gasteiger partial charge in [-0.1, -0.05) is 61.0 Å². The van der Waals surface area contributed by atoms with Crippen LogP contribution in [0.1, 0.15) is 29.2 Å². The third kappa shape index (κ3) is 3.01. The number of benzene rings is 2. The van der Waals surface area contributed by atoms with Crippen molar-refractivity contribution < 1.29 is 9.53 Å². The van der Waals surface area contributed by atoms with E-state index >= 15 is 0 Å². The van der Waals surface area contributed by atoms with E-state index in [0.29, 0.717) is 11.3 Å². The van der Waals surface area contributed by atoms with Gasteiger partial charge in [0.2, 0.25) is 0 Å². The van der Waals surface area contributed by atoms with Gasteiger partial charge in [-0.2, -0.15) is 0 Å². The van der Waals surface area contributed by atoms with Crippen LogP contribution in [0.25, 0.3) is 11.8 Å². The van der Waals surface area contributed by atoms with Gasteiger partial charge < -0.3 is 4.74 Å². The molecule has 2 aromatic carbocycles. The van der Waals surface area contributed by atoms with Crippen LogP contribution in [0.15, 0.2) is 60.2 Å². The molecule has 1 aliphatic heterocycles. The minimum Gasteiger partial charge on any atom is -0.422 e. The lowest BCUT2D eigenvalue weighted by atomic mass is 10.1. The molecule has 0 spiro atoms. The van der Waals surface area contributed by atoms with Gasteiger partial charge in [0.05, 0.1) is 5.57 Å². The summed E-state index contributed by atoms with van der Waals surface area (Å²) in [5.41, 5.74) is 4.97. The zero-order valence-corrected chi connectivity index (χ0v) is 12.8. The summed E-state index contributed by atoms with van der Waals surface area (Å²) in [6, 6.07) is 16.2. The number of aryl methyl sites for hydroxylation is 2. The second-order valence-electron chi connectivity index (χ2n) is 5.46. The first-order chi connectivity index (χ1) is 10.7. The van der Waals surface area contributed by atoms with Crippen LogP contribution in [-0.2, 0) is 16.0 Å². The highest BCUT2D eigenvalue weighted by molar-refractivity contribution is 6.05. The standard InChI is InChI=1S/C20H18O2/c1-3-15-8-10-17(11-9-15)19-13-18(20(21)22-19)12-16-6-4-14(2)5-7-16/h4-13H,3H2,1-2H3. The van der Waals surface area contributed by atoms with Crippen LogP contribution in [0.3, 0.4) is 0 Å². The smallest absolute Gasteiger partial charge is 0.343 e. The molecule has 2 nitrogen and oxygen atoms in total. The van der Waals surface area contributed by atoms with E-state index in [1.54, 1.807) is 0 Å². The zero-order chi connectivity index (χ0) is 15.5. The van der Waals surface area contributed by atoms with Crippen LogP contribution in [0.4, 0.5) is 0 Å². The number of carbonyl (C=O) groups excluding carboxylic acids is 1. The van der Waals surface area contributed by atoms with Gasteiger partial charge in [0, 0.05) is 5.56 Å². The molecule has 22 heavy (non-hydrogen) atoms. The van der Waals surface area contributed by atoms with Crippen molar-refractivity contribution in [2.45, 2.75) is 20.3 Å². The minimum atomic E-state index is -0.296. The van der Waals surface area contributed by atoms with Crippen LogP contribution in [0, 0.1) is 6.92 Å². The number of carbonyl (C=O) groups is 1. The van der Waals surface area contributed by atoms with Crippen molar-refractivity contribution >= 4 is 17.8 Å². The number of hydrogen-bond donors (Lipinski definition) is 0. The van der Waals surface area contributed by atoms with Crippen LogP contribution < -0.4 is 0 Å². The average Bonchev–Trinajstić information content (AvgIpc) is 2.91. The maximum Gasteiger partial charge on any atom is 0.343 e. The summed E-state index contributed by atoms with van der Waals surface area (Å²) >= 11 is 0. The Morgan fingerprint density at radius 1 is 1.00 bits per heavy atom. The summed E-state index contributed by atoms with van der Waals surface area (Å²) in [4.78, 5) is 12.0. The normalized spacial score (nSPS) is 15.8. The van der Waals surface area contributed by atoms with Gasteiger partial charge in [-0.25, -0.2) is 4.79 Å². The second kappa shape index (κ2) is 6.02. The van der Waals surface area contributed by atoms with Crippen molar-refractivity contribution in [3.05, 3.63) is 82.4 Å². The van der Waals surface area contributed by atoms with Crippen molar-refractivity contribution in [2.24, 2.45) is 0 Å². The highest BCUT2D eigenvalue weighted by atomic mass is 16.5. The van der Waals surface area contributed by atoms with E-state index in [0.717, 1.165) is 17.5 Å². The molecule has 0 saturated heterocycles. The van der Waals surface area contributed by atoms with Gasteiger partial charge in [0.25, 0.3) is 0 Å². The lowest BCUT2D eigenvalue weighted by molar-refractivity contribution is -0.130. The Balaban J connectivity index is 1.88. The third-order valence-corrected chi connectivity index (χ3v) is 3.77. The summed E-state index contributed by atoms with van der Waals surface area (Å²) in [6.07, 6.45) is 4.66. The van der Waals surface area contributed by atoms with Crippen molar-refractivity contribution in [1.29, 1.82) is 0 Å². The number of ether oxygens (including phenoxy) is 1. The molecule has 1 aliphatic rings. The molecule has 2 aromatic rings. The number of hydrogen-bond acceptors (Lipinski definition) is 2. The van der Waals surface area contributed by atoms with E-state index in [9.17, 15) is 4.79 Å². The summed E-state index contributed by atoms with van der Waals surface area (Å²) in [7, 11) is 0. The van der Waals surface area contributed by atoms with Crippen molar-refractivity contribution in [2.75, 3.05) is 0 Å². The predicted molar refractivity (Wildman–Crippen MR) is 89.0 cm³/mol. The molecule has 3 rings (SSSR count). The molecular weight excluding hydrogens is 272 g/mol. The number of esters is 1. The summed E-state index contributed by atoms with van der Waals surface area (Å²) in [5, 5.41) is 0. The molecule has 0 N–H and O–H groups in total. The molecule has 0 aromatic heterocycles. The monoisotopic (exact) mass is 290 g/mol. The average molecular weight is 290 g/mol. The molecule has 2 heteroatoms. The van der Waals surface area contributed by atoms with Gasteiger partial charge in [-0.3, -0.25) is 0 Å². The highest BCUT2D eigenvalue weighted by Gasteiger charge is 2.21. The Bertz CT molecular complexity index is 747. The molecule has 0 unspecified atom stereocenters. The first-order valence-electron chi connectivity index (χ1n) is 7.47. The van der Waals surface area contributed by atoms with Crippen molar-refractivity contribution in [3.63, 3.8) is 0 Å². The van der Waals surface area contributed by atoms with Crippen LogP contribution in [0.5, 0.6) is 0 Å². The Morgan fingerprint density at radius 2 is 1.68 bits per heavy atom. The topological polar surface area (TPSA) is 26.3 Å². The molecule has 0 aliphatic carbocycles. The van der Waals surface area contributed by atoms with E-state index in [-0.39, 0.29) is 5.97 Å². The van der Waals surface area contributed by atoms with E-state index in [4.69, 9.17) is 4.74 Å². The fraction of sp³-hybridized carbons (Fsp3) is 0.150. The SMILES string of the molecule is CCc1ccc(C2=CC(=Cc3ccc(C)cc3)C(=O)O2)cc1. The minimum absolute atomic E-state index is 0.296. The van der Waals surface area contributed by atoms with Crippen LogP contribution in [0.2, 0.25) is 0 Å². The third-order valence-electron chi connectivity index (χ3n) is 3.77. The van der Waals surface area contributed by atoms with Gasteiger partial charge in [-0.15, -0.1) is 0 Å². The van der Waals surface area contributed by atoms with Gasteiger partial charge in [0.1, 0.15) is 5.76 Å². The van der Waals surface area contributed by atoms with Gasteiger partial charge in [-0.05, 0) is 36.6 Å². The highest BCUT2D eigenvalue weighted by Crippen LogP contribution is 2.27. The van der Waals surface area contributed by atoms with E-state index in [1.807, 2.05) is 55.5 Å². The molecule has 0 amide bonds. The van der Waals surface area contributed by atoms with Crippen LogP contribution in [-0.4, -0.2) is 5.97 Å². The number of cyclic esters (lactones) is 1. The molecule has 0 radical (unpaired) electrons. The first kappa shape index (κ1) is 14.3. The summed E-state index contributed by atoms with van der Waals surface area (Å²) in [5.74, 6) is 0.321. The van der Waals surface area contributed by atoms with E-state index in [1.165, 1.54) is 11.1 Å². The Hall–Kier alpha value is -2.61. The first-order valence-corrected chi connectivity index (χ1v) is 7.47. The Labute approximate surface area is 130 Å². The molecule has 0 atom stereocenters. The lowest BCUT2D eigenvalue weighted by Gasteiger charge is -2.02. The van der Waals surface area contributed by atoms with Crippen molar-refractivity contribution in [1.82, 2.24) is 0 Å². The molecular formula is C20H18O2. The molecule has 0 fully saturated rings. The zero-order valence-electron chi connectivity index (χ0n) is 12.8. The molecule has 0 saturated carbocycles. The predicted octanol–water partition coefficient (Wildman–Crippen LogP) is 4.54. The number of rotatable bonds is 3. The lowest BCUT2D eigenvalue weighted by Crippen LogP contribution is -1.97. The summed E-state index contributed by atoms with van der Waals surface area (Å²) in [6.45, 7) is 4.16. The van der Waals surface area contributed by atoms with Crippen molar-refractivity contribution in [3.8, 4) is 0 Å². The molecule has 0 bridgehead atoms. The molecule has 1 heterocycles. The maximum absolute atomic E-state index is 12.0. The quantitative estimate of drug-likeness (QED) is 0.613. The van der Waals surface area contributed by atoms with Crippen LogP contribution >= 0.6 is 0 Å². The summed E-state index contributed by atoms with van der Waals surface area (Å²) < 4.78 is 5.38. The van der Waals surface area contributed by atoms with E-state index < -0.39 is 0 Å². The largest absolute Gasteiger partial charge is 0.422 e. The Kier molecular flexibility index (Phi) is 3.92. The Morgan fingerprint density at radius 3 is 2.32 bits per heavy atom. The van der Waals surface area contributed by atoms with Gasteiger partial charge >= 0.3 is 5.97 Å². The second-order valence-corrected chi connectivity index (χ2v) is 5.46.